The van der Waals surface area contributed by atoms with Crippen LogP contribution in [0.5, 0.6) is 0 Å². The first-order chi connectivity index (χ1) is 8.12. The van der Waals surface area contributed by atoms with Crippen molar-refractivity contribution in [1.82, 2.24) is 5.32 Å². The molecule has 17 heavy (non-hydrogen) atoms. The molecule has 100 valence electrons. The maximum Gasteiger partial charge on any atom is 0.323 e. The zero-order chi connectivity index (χ0) is 12.8. The maximum atomic E-state index is 11.8. The highest BCUT2D eigenvalue weighted by molar-refractivity contribution is 5.76. The Morgan fingerprint density at radius 3 is 2.59 bits per heavy atom. The van der Waals surface area contributed by atoms with Crippen LogP contribution in [0.3, 0.4) is 0 Å². The lowest BCUT2D eigenvalue weighted by atomic mass is 9.97. The molecule has 4 unspecified atom stereocenters. The van der Waals surface area contributed by atoms with Crippen molar-refractivity contribution >= 4 is 5.97 Å². The first kappa shape index (κ1) is 14.5. The van der Waals surface area contributed by atoms with Crippen LogP contribution in [0.1, 0.15) is 52.9 Å². The highest BCUT2D eigenvalue weighted by Gasteiger charge is 2.31. The molecule has 4 atom stereocenters. The van der Waals surface area contributed by atoms with Crippen LogP contribution in [0.4, 0.5) is 0 Å². The predicted octanol–water partition coefficient (Wildman–Crippen LogP) is 2.74. The largest absolute Gasteiger partial charge is 0.468 e. The molecule has 1 aliphatic carbocycles. The van der Waals surface area contributed by atoms with Crippen molar-refractivity contribution < 1.29 is 9.53 Å². The Morgan fingerprint density at radius 2 is 2.12 bits per heavy atom. The van der Waals surface area contributed by atoms with Crippen molar-refractivity contribution in [3.63, 3.8) is 0 Å². The summed E-state index contributed by atoms with van der Waals surface area (Å²) < 4.78 is 4.90. The monoisotopic (exact) mass is 241 g/mol. The van der Waals surface area contributed by atoms with Crippen molar-refractivity contribution in [2.24, 2.45) is 11.8 Å². The summed E-state index contributed by atoms with van der Waals surface area (Å²) in [5.74, 6) is 1.06. The van der Waals surface area contributed by atoms with E-state index in [-0.39, 0.29) is 12.0 Å². The molecule has 0 aromatic rings. The van der Waals surface area contributed by atoms with E-state index in [4.69, 9.17) is 4.74 Å². The van der Waals surface area contributed by atoms with Gasteiger partial charge < -0.3 is 10.1 Å². The van der Waals surface area contributed by atoms with Crippen molar-refractivity contribution in [3.8, 4) is 0 Å². The van der Waals surface area contributed by atoms with Crippen molar-refractivity contribution in [2.45, 2.75) is 65.0 Å². The molecule has 0 heterocycles. The lowest BCUT2D eigenvalue weighted by Crippen LogP contribution is -2.46. The van der Waals surface area contributed by atoms with E-state index in [2.05, 4.69) is 26.1 Å². The van der Waals surface area contributed by atoms with E-state index < -0.39 is 0 Å². The Bertz CT molecular complexity index is 242. The number of ether oxygens (including phenoxy) is 1. The number of hydrogen-bond acceptors (Lipinski definition) is 3. The summed E-state index contributed by atoms with van der Waals surface area (Å²) in [6.07, 6.45) is 5.95. The molecule has 0 amide bonds. The van der Waals surface area contributed by atoms with E-state index in [9.17, 15) is 4.79 Å². The Labute approximate surface area is 105 Å². The Hall–Kier alpha value is -0.570. The van der Waals surface area contributed by atoms with Gasteiger partial charge in [-0.1, -0.05) is 33.6 Å². The van der Waals surface area contributed by atoms with Crippen LogP contribution in [0.15, 0.2) is 0 Å². The molecule has 0 aromatic heterocycles. The molecule has 1 saturated carbocycles. The van der Waals surface area contributed by atoms with Gasteiger partial charge in [0.05, 0.1) is 7.11 Å². The quantitative estimate of drug-likeness (QED) is 0.727. The Kier molecular flexibility index (Phi) is 5.96. The van der Waals surface area contributed by atoms with Gasteiger partial charge in [-0.05, 0) is 31.1 Å². The number of carbonyl (C=O) groups is 1. The maximum absolute atomic E-state index is 11.8. The van der Waals surface area contributed by atoms with Gasteiger partial charge in [-0.25, -0.2) is 0 Å². The molecule has 0 bridgehead atoms. The Balaban J connectivity index is 2.52. The Morgan fingerprint density at radius 1 is 1.41 bits per heavy atom. The van der Waals surface area contributed by atoms with Gasteiger partial charge in [0.2, 0.25) is 0 Å². The molecule has 0 spiro atoms. The van der Waals surface area contributed by atoms with E-state index >= 15 is 0 Å². The zero-order valence-electron chi connectivity index (χ0n) is 11.7. The summed E-state index contributed by atoms with van der Waals surface area (Å²) in [5.41, 5.74) is 0. The second kappa shape index (κ2) is 7.00. The highest BCUT2D eigenvalue weighted by atomic mass is 16.5. The summed E-state index contributed by atoms with van der Waals surface area (Å²) >= 11 is 0. The van der Waals surface area contributed by atoms with Crippen molar-refractivity contribution in [3.05, 3.63) is 0 Å². The molecule has 0 aliphatic heterocycles. The zero-order valence-corrected chi connectivity index (χ0v) is 11.7. The molecule has 3 heteroatoms. The third-order valence-electron chi connectivity index (χ3n) is 4.20. The number of nitrogens with one attached hydrogen (secondary N) is 1. The van der Waals surface area contributed by atoms with E-state index in [0.717, 1.165) is 12.3 Å². The fourth-order valence-electron chi connectivity index (χ4n) is 2.68. The third-order valence-corrected chi connectivity index (χ3v) is 4.20. The second-order valence-corrected chi connectivity index (χ2v) is 5.34. The van der Waals surface area contributed by atoms with Gasteiger partial charge >= 0.3 is 5.97 Å². The van der Waals surface area contributed by atoms with Crippen molar-refractivity contribution in [1.29, 1.82) is 0 Å². The minimum atomic E-state index is -0.134. The predicted molar refractivity (Wildman–Crippen MR) is 69.8 cm³/mol. The van der Waals surface area contributed by atoms with Crippen LogP contribution in [0, 0.1) is 11.8 Å². The van der Waals surface area contributed by atoms with Crippen LogP contribution in [0.2, 0.25) is 0 Å². The molecule has 0 aromatic carbocycles. The molecule has 3 nitrogen and oxygen atoms in total. The van der Waals surface area contributed by atoms with E-state index in [1.165, 1.54) is 32.8 Å². The molecule has 0 saturated heterocycles. The summed E-state index contributed by atoms with van der Waals surface area (Å²) in [6.45, 7) is 6.48. The van der Waals surface area contributed by atoms with Crippen LogP contribution in [0.25, 0.3) is 0 Å². The van der Waals surface area contributed by atoms with Crippen molar-refractivity contribution in [2.75, 3.05) is 7.11 Å². The van der Waals surface area contributed by atoms with Gasteiger partial charge in [-0.2, -0.15) is 0 Å². The smallest absolute Gasteiger partial charge is 0.323 e. The van der Waals surface area contributed by atoms with E-state index in [1.807, 2.05) is 0 Å². The lowest BCUT2D eigenvalue weighted by molar-refractivity contribution is -0.144. The van der Waals surface area contributed by atoms with Gasteiger partial charge in [0.1, 0.15) is 6.04 Å². The number of rotatable bonds is 6. The average Bonchev–Trinajstić information content (AvgIpc) is 2.81. The fourth-order valence-corrected chi connectivity index (χ4v) is 2.68. The summed E-state index contributed by atoms with van der Waals surface area (Å²) in [4.78, 5) is 11.8. The molecule has 1 N–H and O–H groups in total. The molecule has 1 fully saturated rings. The SMILES string of the molecule is CCC1CCC(NC(C(=O)OC)C(C)CC)C1. The topological polar surface area (TPSA) is 38.3 Å². The van der Waals surface area contributed by atoms with Gasteiger partial charge in [0.25, 0.3) is 0 Å². The first-order valence-electron chi connectivity index (χ1n) is 6.96. The second-order valence-electron chi connectivity index (χ2n) is 5.34. The molecule has 1 rings (SSSR count). The first-order valence-corrected chi connectivity index (χ1v) is 6.96. The van der Waals surface area contributed by atoms with E-state index in [0.29, 0.717) is 12.0 Å². The summed E-state index contributed by atoms with van der Waals surface area (Å²) in [6, 6.07) is 0.364. The number of methoxy groups -OCH3 is 1. The van der Waals surface area contributed by atoms with Gasteiger partial charge in [-0.15, -0.1) is 0 Å². The van der Waals surface area contributed by atoms with Crippen LogP contribution >= 0.6 is 0 Å². The average molecular weight is 241 g/mol. The van der Waals surface area contributed by atoms with Gasteiger partial charge in [0.15, 0.2) is 0 Å². The normalized spacial score (nSPS) is 27.8. The standard InChI is InChI=1S/C14H27NO2/c1-5-10(3)13(14(16)17-4)15-12-8-7-11(6-2)9-12/h10-13,15H,5-9H2,1-4H3. The summed E-state index contributed by atoms with van der Waals surface area (Å²) in [5, 5.41) is 3.51. The van der Waals surface area contributed by atoms with Crippen LogP contribution < -0.4 is 5.32 Å². The number of hydrogen-bond donors (Lipinski definition) is 1. The lowest BCUT2D eigenvalue weighted by Gasteiger charge is -2.25. The molecule has 1 aliphatic rings. The summed E-state index contributed by atoms with van der Waals surface area (Å²) in [7, 11) is 1.48. The fraction of sp³-hybridized carbons (Fsp3) is 0.929. The minimum Gasteiger partial charge on any atom is -0.468 e. The third kappa shape index (κ3) is 3.98. The van der Waals surface area contributed by atoms with Gasteiger partial charge in [-0.3, -0.25) is 4.79 Å². The minimum absolute atomic E-state index is 0.112. The van der Waals surface area contributed by atoms with Crippen LogP contribution in [-0.4, -0.2) is 25.2 Å². The molecular weight excluding hydrogens is 214 g/mol. The molecule has 0 radical (unpaired) electrons. The molecular formula is C14H27NO2. The van der Waals surface area contributed by atoms with E-state index in [1.54, 1.807) is 0 Å². The number of esters is 1. The van der Waals surface area contributed by atoms with Gasteiger partial charge in [0, 0.05) is 6.04 Å². The van der Waals surface area contributed by atoms with Crippen LogP contribution in [-0.2, 0) is 9.53 Å². The highest BCUT2D eigenvalue weighted by Crippen LogP contribution is 2.28. The number of carbonyl (C=O) groups excluding carboxylic acids is 1.